The Morgan fingerprint density at radius 2 is 1.85 bits per heavy atom. The molecule has 1 aromatic rings. The normalized spacial score (nSPS) is 22.4. The molecule has 2 fully saturated rings. The summed E-state index contributed by atoms with van der Waals surface area (Å²) in [4.78, 5) is 28.8. The predicted octanol–water partition coefficient (Wildman–Crippen LogP) is 1.88. The molecule has 2 aliphatic rings. The molecular weight excluding hydrogens is 342 g/mol. The van der Waals surface area contributed by atoms with E-state index in [9.17, 15) is 14.7 Å². The molecule has 0 bridgehead atoms. The second kappa shape index (κ2) is 9.33. The fourth-order valence-electron chi connectivity index (χ4n) is 4.21. The van der Waals surface area contributed by atoms with Crippen LogP contribution in [0.5, 0.6) is 0 Å². The van der Waals surface area contributed by atoms with E-state index in [0.29, 0.717) is 19.5 Å². The Morgan fingerprint density at radius 3 is 2.56 bits per heavy atom. The Labute approximate surface area is 161 Å². The van der Waals surface area contributed by atoms with Gasteiger partial charge in [0.05, 0.1) is 6.04 Å². The molecule has 2 atom stereocenters. The summed E-state index contributed by atoms with van der Waals surface area (Å²) in [6, 6.07) is 9.55. The summed E-state index contributed by atoms with van der Waals surface area (Å²) in [6.45, 7) is 1.09. The average molecular weight is 373 g/mol. The maximum absolute atomic E-state index is 12.9. The summed E-state index contributed by atoms with van der Waals surface area (Å²) >= 11 is 0. The van der Waals surface area contributed by atoms with Crippen molar-refractivity contribution in [3.63, 3.8) is 0 Å². The van der Waals surface area contributed by atoms with Gasteiger partial charge >= 0.3 is 0 Å². The number of carbonyl (C=O) groups is 2. The average Bonchev–Trinajstić information content (AvgIpc) is 3.18. The van der Waals surface area contributed by atoms with Crippen LogP contribution in [0.3, 0.4) is 0 Å². The van der Waals surface area contributed by atoms with Crippen LogP contribution in [0.1, 0.15) is 50.5 Å². The molecule has 1 aliphatic heterocycles. The molecule has 1 aromatic carbocycles. The van der Waals surface area contributed by atoms with E-state index in [4.69, 9.17) is 0 Å². The van der Waals surface area contributed by atoms with Crippen LogP contribution in [0.15, 0.2) is 30.3 Å². The minimum atomic E-state index is -1.26. The van der Waals surface area contributed by atoms with E-state index in [0.717, 1.165) is 37.7 Å². The lowest BCUT2D eigenvalue weighted by Gasteiger charge is -2.32. The molecular formula is C21H31N3O3. The first kappa shape index (κ1) is 19.8. The third-order valence-corrected chi connectivity index (χ3v) is 5.72. The van der Waals surface area contributed by atoms with Gasteiger partial charge in [0.2, 0.25) is 5.91 Å². The van der Waals surface area contributed by atoms with Crippen molar-refractivity contribution in [3.8, 4) is 0 Å². The van der Waals surface area contributed by atoms with Crippen molar-refractivity contribution in [3.05, 3.63) is 35.9 Å². The first-order valence-electron chi connectivity index (χ1n) is 10.1. The fraction of sp³-hybridized carbons (Fsp3) is 0.619. The SMILES string of the molecule is CN(Cc1ccccc1)C(=O)C1CCCN1C(O)C(=O)NC1CCCCC1. The molecule has 0 radical (unpaired) electrons. The van der Waals surface area contributed by atoms with Gasteiger partial charge in [0.15, 0.2) is 6.23 Å². The third-order valence-electron chi connectivity index (χ3n) is 5.72. The zero-order valence-corrected chi connectivity index (χ0v) is 16.1. The van der Waals surface area contributed by atoms with Gasteiger partial charge in [-0.15, -0.1) is 0 Å². The summed E-state index contributed by atoms with van der Waals surface area (Å²) in [6.07, 6.45) is 5.63. The molecule has 1 saturated heterocycles. The highest BCUT2D eigenvalue weighted by Gasteiger charge is 2.39. The smallest absolute Gasteiger partial charge is 0.264 e. The topological polar surface area (TPSA) is 72.9 Å². The van der Waals surface area contributed by atoms with Crippen molar-refractivity contribution in [2.75, 3.05) is 13.6 Å². The minimum absolute atomic E-state index is 0.0409. The molecule has 2 N–H and O–H groups in total. The molecule has 3 rings (SSSR count). The summed E-state index contributed by atoms with van der Waals surface area (Å²) in [5, 5.41) is 13.6. The number of likely N-dealkylation sites (N-methyl/N-ethyl adjacent to an activating group) is 1. The van der Waals surface area contributed by atoms with Crippen LogP contribution >= 0.6 is 0 Å². The molecule has 1 heterocycles. The molecule has 148 valence electrons. The highest BCUT2D eigenvalue weighted by Crippen LogP contribution is 2.23. The Kier molecular flexibility index (Phi) is 6.85. The van der Waals surface area contributed by atoms with Crippen molar-refractivity contribution in [1.82, 2.24) is 15.1 Å². The molecule has 1 saturated carbocycles. The zero-order valence-electron chi connectivity index (χ0n) is 16.1. The minimum Gasteiger partial charge on any atom is -0.370 e. The number of amides is 2. The van der Waals surface area contributed by atoms with Gasteiger partial charge in [-0.25, -0.2) is 0 Å². The monoisotopic (exact) mass is 373 g/mol. The maximum atomic E-state index is 12.9. The van der Waals surface area contributed by atoms with E-state index in [1.807, 2.05) is 30.3 Å². The first-order chi connectivity index (χ1) is 13.1. The van der Waals surface area contributed by atoms with Crippen LogP contribution in [0, 0.1) is 0 Å². The predicted molar refractivity (Wildman–Crippen MR) is 104 cm³/mol. The van der Waals surface area contributed by atoms with Crippen LogP contribution in [-0.4, -0.2) is 58.6 Å². The Morgan fingerprint density at radius 1 is 1.15 bits per heavy atom. The maximum Gasteiger partial charge on any atom is 0.264 e. The van der Waals surface area contributed by atoms with E-state index in [1.165, 1.54) is 6.42 Å². The second-order valence-electron chi connectivity index (χ2n) is 7.79. The van der Waals surface area contributed by atoms with E-state index < -0.39 is 12.3 Å². The number of benzene rings is 1. The van der Waals surface area contributed by atoms with Crippen molar-refractivity contribution in [1.29, 1.82) is 0 Å². The lowest BCUT2D eigenvalue weighted by Crippen LogP contribution is -2.54. The second-order valence-corrected chi connectivity index (χ2v) is 7.79. The number of aliphatic hydroxyl groups excluding tert-OH is 1. The van der Waals surface area contributed by atoms with Gasteiger partial charge < -0.3 is 15.3 Å². The molecule has 0 spiro atoms. The largest absolute Gasteiger partial charge is 0.370 e. The molecule has 2 unspecified atom stereocenters. The standard InChI is InChI=1S/C21H31N3O3/c1-23(15-16-9-4-2-5-10-16)20(26)18-13-8-14-24(18)21(27)19(25)22-17-11-6-3-7-12-17/h2,4-5,9-10,17-18,21,27H,3,6-8,11-15H2,1H3,(H,22,25). The summed E-state index contributed by atoms with van der Waals surface area (Å²) < 4.78 is 0. The van der Waals surface area contributed by atoms with Gasteiger partial charge in [-0.05, 0) is 31.2 Å². The van der Waals surface area contributed by atoms with Crippen LogP contribution in [0.25, 0.3) is 0 Å². The molecule has 0 aromatic heterocycles. The summed E-state index contributed by atoms with van der Waals surface area (Å²) in [5.74, 6) is -0.409. The van der Waals surface area contributed by atoms with E-state index in [1.54, 1.807) is 16.8 Å². The lowest BCUT2D eigenvalue weighted by molar-refractivity contribution is -0.148. The Balaban J connectivity index is 1.58. The number of nitrogens with one attached hydrogen (secondary N) is 1. The highest BCUT2D eigenvalue weighted by molar-refractivity contribution is 5.85. The van der Waals surface area contributed by atoms with Crippen LogP contribution in [0.2, 0.25) is 0 Å². The van der Waals surface area contributed by atoms with Crippen molar-refractivity contribution in [2.24, 2.45) is 0 Å². The van der Waals surface area contributed by atoms with Crippen molar-refractivity contribution < 1.29 is 14.7 Å². The molecule has 6 heteroatoms. The van der Waals surface area contributed by atoms with E-state index in [-0.39, 0.29) is 17.9 Å². The number of likely N-dealkylation sites (tertiary alicyclic amines) is 1. The Bertz CT molecular complexity index is 631. The van der Waals surface area contributed by atoms with Crippen LogP contribution in [-0.2, 0) is 16.1 Å². The van der Waals surface area contributed by atoms with Gasteiger partial charge in [-0.1, -0.05) is 49.6 Å². The fourth-order valence-corrected chi connectivity index (χ4v) is 4.21. The number of nitrogens with zero attached hydrogens (tertiary/aromatic N) is 2. The Hall–Kier alpha value is -1.92. The van der Waals surface area contributed by atoms with Crippen LogP contribution in [0.4, 0.5) is 0 Å². The molecule has 6 nitrogen and oxygen atoms in total. The van der Waals surface area contributed by atoms with Gasteiger partial charge in [-0.3, -0.25) is 14.5 Å². The lowest BCUT2D eigenvalue weighted by atomic mass is 9.95. The summed E-state index contributed by atoms with van der Waals surface area (Å²) in [5.41, 5.74) is 1.06. The first-order valence-corrected chi connectivity index (χ1v) is 10.1. The summed E-state index contributed by atoms with van der Waals surface area (Å²) in [7, 11) is 1.78. The van der Waals surface area contributed by atoms with Crippen molar-refractivity contribution >= 4 is 11.8 Å². The highest BCUT2D eigenvalue weighted by atomic mass is 16.3. The van der Waals surface area contributed by atoms with Gasteiger partial charge in [0, 0.05) is 26.2 Å². The molecule has 2 amide bonds. The van der Waals surface area contributed by atoms with Crippen molar-refractivity contribution in [2.45, 2.75) is 69.8 Å². The number of rotatable bonds is 6. The van der Waals surface area contributed by atoms with Crippen LogP contribution < -0.4 is 5.32 Å². The number of hydrogen-bond donors (Lipinski definition) is 2. The number of aliphatic hydroxyl groups is 1. The molecule has 1 aliphatic carbocycles. The number of hydrogen-bond acceptors (Lipinski definition) is 4. The zero-order chi connectivity index (χ0) is 19.2. The van der Waals surface area contributed by atoms with E-state index >= 15 is 0 Å². The quantitative estimate of drug-likeness (QED) is 0.799. The van der Waals surface area contributed by atoms with E-state index in [2.05, 4.69) is 5.32 Å². The van der Waals surface area contributed by atoms with Gasteiger partial charge in [-0.2, -0.15) is 0 Å². The van der Waals surface area contributed by atoms with Gasteiger partial charge in [0.25, 0.3) is 5.91 Å². The molecule has 27 heavy (non-hydrogen) atoms. The third kappa shape index (κ3) is 5.08. The van der Waals surface area contributed by atoms with Gasteiger partial charge in [0.1, 0.15) is 0 Å². The number of carbonyl (C=O) groups excluding carboxylic acids is 2.